The minimum Gasteiger partial charge on any atom is -0.497 e. The van der Waals surface area contributed by atoms with E-state index in [1.165, 1.54) is 6.92 Å². The van der Waals surface area contributed by atoms with Crippen molar-refractivity contribution in [2.24, 2.45) is 0 Å². The van der Waals surface area contributed by atoms with Gasteiger partial charge in [-0.3, -0.25) is 9.59 Å². The molecule has 0 aromatic heterocycles. The first-order chi connectivity index (χ1) is 14.1. The first-order valence-corrected chi connectivity index (χ1v) is 10.3. The number of likely N-dealkylation sites (tertiary alicyclic amines) is 1. The Labute approximate surface area is 173 Å². The van der Waals surface area contributed by atoms with Gasteiger partial charge in [0.1, 0.15) is 5.75 Å². The minimum atomic E-state index is -0.319. The third-order valence-electron chi connectivity index (χ3n) is 5.53. The third kappa shape index (κ3) is 5.59. The van der Waals surface area contributed by atoms with Crippen molar-refractivity contribution in [2.75, 3.05) is 13.7 Å². The Balaban J connectivity index is 1.81. The van der Waals surface area contributed by atoms with Crippen molar-refractivity contribution in [3.8, 4) is 5.75 Å². The van der Waals surface area contributed by atoms with Gasteiger partial charge in [-0.05, 0) is 36.1 Å². The predicted molar refractivity (Wildman–Crippen MR) is 114 cm³/mol. The van der Waals surface area contributed by atoms with Gasteiger partial charge in [0.25, 0.3) is 0 Å². The maximum atomic E-state index is 13.4. The summed E-state index contributed by atoms with van der Waals surface area (Å²) in [5.41, 5.74) is 2.09. The Kier molecular flexibility index (Phi) is 7.28. The summed E-state index contributed by atoms with van der Waals surface area (Å²) in [6, 6.07) is 17.5. The maximum Gasteiger partial charge on any atom is 0.225 e. The maximum absolute atomic E-state index is 13.4. The summed E-state index contributed by atoms with van der Waals surface area (Å²) in [4.78, 5) is 27.1. The molecule has 1 heterocycles. The largest absolute Gasteiger partial charge is 0.497 e. The van der Waals surface area contributed by atoms with E-state index in [0.29, 0.717) is 0 Å². The molecule has 5 heteroatoms. The lowest BCUT2D eigenvalue weighted by Gasteiger charge is -2.32. The van der Waals surface area contributed by atoms with Gasteiger partial charge < -0.3 is 15.0 Å². The smallest absolute Gasteiger partial charge is 0.225 e. The molecule has 2 amide bonds. The second-order valence-corrected chi connectivity index (χ2v) is 7.59. The number of nitrogens with one attached hydrogen (secondary N) is 1. The van der Waals surface area contributed by atoms with Crippen LogP contribution in [0.1, 0.15) is 62.2 Å². The lowest BCUT2D eigenvalue weighted by Crippen LogP contribution is -2.38. The van der Waals surface area contributed by atoms with E-state index >= 15 is 0 Å². The van der Waals surface area contributed by atoms with Crippen LogP contribution in [0.2, 0.25) is 0 Å². The molecule has 1 aliphatic rings. The first-order valence-electron chi connectivity index (χ1n) is 10.3. The Morgan fingerprint density at radius 1 is 1.07 bits per heavy atom. The second kappa shape index (κ2) is 10.1. The monoisotopic (exact) mass is 394 g/mol. The highest BCUT2D eigenvalue weighted by atomic mass is 16.5. The van der Waals surface area contributed by atoms with Crippen LogP contribution in [-0.2, 0) is 9.59 Å². The van der Waals surface area contributed by atoms with Crippen molar-refractivity contribution < 1.29 is 14.3 Å². The van der Waals surface area contributed by atoms with Crippen molar-refractivity contribution >= 4 is 11.8 Å². The molecule has 1 fully saturated rings. The molecule has 2 aromatic carbocycles. The Bertz CT molecular complexity index is 805. The number of ether oxygens (including phenoxy) is 1. The molecule has 29 heavy (non-hydrogen) atoms. The van der Waals surface area contributed by atoms with E-state index in [-0.39, 0.29) is 30.3 Å². The molecule has 0 radical (unpaired) electrons. The van der Waals surface area contributed by atoms with E-state index in [1.807, 2.05) is 47.4 Å². The topological polar surface area (TPSA) is 58.6 Å². The van der Waals surface area contributed by atoms with Gasteiger partial charge in [0.15, 0.2) is 0 Å². The normalized spacial score (nSPS) is 17.9. The summed E-state index contributed by atoms with van der Waals surface area (Å²) in [7, 11) is 1.65. The number of carbonyl (C=O) groups excluding carboxylic acids is 2. The number of benzene rings is 2. The predicted octanol–water partition coefficient (Wildman–Crippen LogP) is 4.41. The van der Waals surface area contributed by atoms with E-state index < -0.39 is 0 Å². The number of hydrogen-bond acceptors (Lipinski definition) is 3. The zero-order valence-corrected chi connectivity index (χ0v) is 17.3. The second-order valence-electron chi connectivity index (χ2n) is 7.59. The van der Waals surface area contributed by atoms with Crippen LogP contribution in [0.4, 0.5) is 0 Å². The molecule has 2 aromatic rings. The Morgan fingerprint density at radius 3 is 2.45 bits per heavy atom. The summed E-state index contributed by atoms with van der Waals surface area (Å²) in [6.07, 6.45) is 4.46. The fraction of sp³-hybridized carbons (Fsp3) is 0.417. The highest BCUT2D eigenvalue weighted by Gasteiger charge is 2.29. The van der Waals surface area contributed by atoms with Crippen LogP contribution in [-0.4, -0.2) is 30.4 Å². The van der Waals surface area contributed by atoms with Gasteiger partial charge in [-0.2, -0.15) is 0 Å². The van der Waals surface area contributed by atoms with Crippen LogP contribution < -0.4 is 10.1 Å². The zero-order valence-electron chi connectivity index (χ0n) is 17.3. The van der Waals surface area contributed by atoms with E-state index in [0.717, 1.165) is 49.1 Å². The van der Waals surface area contributed by atoms with Gasteiger partial charge in [0.05, 0.1) is 25.6 Å². The minimum absolute atomic E-state index is 0.0599. The highest BCUT2D eigenvalue weighted by molar-refractivity contribution is 5.79. The number of hydrogen-bond donors (Lipinski definition) is 1. The summed E-state index contributed by atoms with van der Waals surface area (Å²) >= 11 is 0. The number of carbonyl (C=O) groups is 2. The standard InChI is InChI=1S/C24H30N2O3/c1-18(27)25-22(19-9-5-3-6-10-19)17-24(28)26-16-8-4-7-11-23(26)20-12-14-21(29-2)15-13-20/h3,5-6,9-10,12-15,22-23H,4,7-8,11,16-17H2,1-2H3,(H,25,27)/t22-,23+/m0/s1. The lowest BCUT2D eigenvalue weighted by atomic mass is 9.98. The molecule has 1 saturated heterocycles. The average Bonchev–Trinajstić information content (AvgIpc) is 3.00. The fourth-order valence-corrected chi connectivity index (χ4v) is 4.05. The van der Waals surface area contributed by atoms with Gasteiger partial charge in [-0.1, -0.05) is 55.3 Å². The van der Waals surface area contributed by atoms with Crippen LogP contribution in [0, 0.1) is 0 Å². The summed E-state index contributed by atoms with van der Waals surface area (Å²) in [5, 5.41) is 2.95. The molecule has 0 spiro atoms. The zero-order chi connectivity index (χ0) is 20.6. The highest BCUT2D eigenvalue weighted by Crippen LogP contribution is 2.32. The molecule has 1 aliphatic heterocycles. The van der Waals surface area contributed by atoms with Gasteiger partial charge >= 0.3 is 0 Å². The molecule has 154 valence electrons. The van der Waals surface area contributed by atoms with E-state index in [4.69, 9.17) is 4.74 Å². The van der Waals surface area contributed by atoms with Crippen molar-refractivity contribution in [1.29, 1.82) is 0 Å². The summed E-state index contributed by atoms with van der Waals surface area (Å²) in [5.74, 6) is 0.764. The first kappa shape index (κ1) is 20.9. The van der Waals surface area contributed by atoms with E-state index in [9.17, 15) is 9.59 Å². The summed E-state index contributed by atoms with van der Waals surface area (Å²) in [6.45, 7) is 2.24. The molecule has 0 bridgehead atoms. The van der Waals surface area contributed by atoms with E-state index in [1.54, 1.807) is 7.11 Å². The van der Waals surface area contributed by atoms with Crippen molar-refractivity contribution in [2.45, 2.75) is 51.1 Å². The molecule has 0 aliphatic carbocycles. The van der Waals surface area contributed by atoms with Crippen molar-refractivity contribution in [1.82, 2.24) is 10.2 Å². The SMILES string of the molecule is COc1ccc([C@H]2CCCCCN2C(=O)C[C@H](NC(C)=O)c2ccccc2)cc1. The number of amides is 2. The number of nitrogens with zero attached hydrogens (tertiary/aromatic N) is 1. The molecule has 2 atom stereocenters. The Morgan fingerprint density at radius 2 is 1.79 bits per heavy atom. The lowest BCUT2D eigenvalue weighted by molar-refractivity contribution is -0.134. The number of rotatable bonds is 6. The van der Waals surface area contributed by atoms with Gasteiger partial charge in [0, 0.05) is 13.5 Å². The molecule has 1 N–H and O–H groups in total. The summed E-state index contributed by atoms with van der Waals surface area (Å²) < 4.78 is 5.27. The van der Waals surface area contributed by atoms with Crippen LogP contribution >= 0.6 is 0 Å². The molecular formula is C24H30N2O3. The molecular weight excluding hydrogens is 364 g/mol. The van der Waals surface area contributed by atoms with Crippen molar-refractivity contribution in [3.05, 3.63) is 65.7 Å². The van der Waals surface area contributed by atoms with Gasteiger partial charge in [-0.15, -0.1) is 0 Å². The fourth-order valence-electron chi connectivity index (χ4n) is 4.05. The van der Waals surface area contributed by atoms with Gasteiger partial charge in [0.2, 0.25) is 11.8 Å². The van der Waals surface area contributed by atoms with Crippen LogP contribution in [0.3, 0.4) is 0 Å². The average molecular weight is 395 g/mol. The van der Waals surface area contributed by atoms with Crippen LogP contribution in [0.5, 0.6) is 5.75 Å². The van der Waals surface area contributed by atoms with Crippen molar-refractivity contribution in [3.63, 3.8) is 0 Å². The van der Waals surface area contributed by atoms with E-state index in [2.05, 4.69) is 17.4 Å². The molecule has 3 rings (SSSR count). The Hall–Kier alpha value is -2.82. The third-order valence-corrected chi connectivity index (χ3v) is 5.53. The van der Waals surface area contributed by atoms with Crippen LogP contribution in [0.15, 0.2) is 54.6 Å². The van der Waals surface area contributed by atoms with Gasteiger partial charge in [-0.25, -0.2) is 0 Å². The quantitative estimate of drug-likeness (QED) is 0.790. The molecule has 0 unspecified atom stereocenters. The number of methoxy groups -OCH3 is 1. The molecule has 0 saturated carbocycles. The molecule has 5 nitrogen and oxygen atoms in total. The van der Waals surface area contributed by atoms with Crippen LogP contribution in [0.25, 0.3) is 0 Å².